The highest BCUT2D eigenvalue weighted by atomic mass is 16.5. The summed E-state index contributed by atoms with van der Waals surface area (Å²) in [6.45, 7) is 5.62. The monoisotopic (exact) mass is 366 g/mol. The molecule has 0 aliphatic heterocycles. The fraction of sp³-hybridized carbons (Fsp3) is 0.615. The molecule has 27 heavy (non-hydrogen) atoms. The summed E-state index contributed by atoms with van der Waals surface area (Å²) in [6, 6.07) is 9.22. The lowest BCUT2D eigenvalue weighted by atomic mass is 9.68. The van der Waals surface area contributed by atoms with E-state index in [1.54, 1.807) is 5.56 Å². The molecular weight excluding hydrogens is 328 g/mol. The molecule has 2 aliphatic rings. The molecule has 0 atom stereocenters. The fourth-order valence-electron chi connectivity index (χ4n) is 5.23. The summed E-state index contributed by atoms with van der Waals surface area (Å²) in [5, 5.41) is 0. The van der Waals surface area contributed by atoms with Gasteiger partial charge in [0.25, 0.3) is 0 Å². The predicted octanol–water partition coefficient (Wildman–Crippen LogP) is 7.44. The topological polar surface area (TPSA) is 9.23 Å². The first-order valence-corrected chi connectivity index (χ1v) is 11.2. The molecule has 1 aromatic rings. The van der Waals surface area contributed by atoms with Gasteiger partial charge in [-0.05, 0) is 100 Å². The molecule has 148 valence electrons. The van der Waals surface area contributed by atoms with E-state index < -0.39 is 0 Å². The van der Waals surface area contributed by atoms with Crippen molar-refractivity contribution in [3.05, 3.63) is 59.7 Å². The number of rotatable bonds is 7. The van der Waals surface area contributed by atoms with Gasteiger partial charge in [-0.2, -0.15) is 0 Å². The third-order valence-electron chi connectivity index (χ3n) is 6.89. The average Bonchev–Trinajstić information content (AvgIpc) is 2.73. The molecule has 0 heterocycles. The summed E-state index contributed by atoms with van der Waals surface area (Å²) in [5.74, 6) is 3.64. The van der Waals surface area contributed by atoms with Crippen LogP contribution in [0.5, 0.6) is 0 Å². The Bertz CT molecular complexity index is 581. The van der Waals surface area contributed by atoms with Gasteiger partial charge in [-0.1, -0.05) is 48.6 Å². The number of hydrogen-bond acceptors (Lipinski definition) is 1. The molecule has 1 nitrogen and oxygen atoms in total. The molecule has 1 heteroatoms. The second-order valence-electron chi connectivity index (χ2n) is 8.64. The van der Waals surface area contributed by atoms with Crippen LogP contribution < -0.4 is 0 Å². The lowest BCUT2D eigenvalue weighted by Crippen LogP contribution is -2.25. The summed E-state index contributed by atoms with van der Waals surface area (Å²) >= 11 is 0. The van der Waals surface area contributed by atoms with Crippen LogP contribution in [-0.2, 0) is 11.3 Å². The van der Waals surface area contributed by atoms with E-state index in [4.69, 9.17) is 4.74 Å². The van der Waals surface area contributed by atoms with Crippen LogP contribution in [0, 0.1) is 17.8 Å². The molecule has 3 rings (SSSR count). The Labute approximate surface area is 166 Å². The molecule has 0 saturated heterocycles. The van der Waals surface area contributed by atoms with Crippen LogP contribution in [0.15, 0.2) is 48.6 Å². The van der Waals surface area contributed by atoms with Crippen LogP contribution in [0.25, 0.3) is 0 Å². The van der Waals surface area contributed by atoms with E-state index in [2.05, 4.69) is 49.4 Å². The maximum Gasteiger partial charge on any atom is 0.0721 e. The zero-order valence-corrected chi connectivity index (χ0v) is 17.4. The van der Waals surface area contributed by atoms with Gasteiger partial charge in [-0.15, -0.1) is 0 Å². The molecule has 0 bridgehead atoms. The Balaban J connectivity index is 1.42. The maximum absolute atomic E-state index is 5.66. The van der Waals surface area contributed by atoms with Crippen molar-refractivity contribution in [1.29, 1.82) is 0 Å². The van der Waals surface area contributed by atoms with E-state index in [9.17, 15) is 0 Å². The van der Waals surface area contributed by atoms with E-state index >= 15 is 0 Å². The number of allylic oxidation sites excluding steroid dienone is 3. The van der Waals surface area contributed by atoms with Crippen molar-refractivity contribution < 1.29 is 4.74 Å². The molecule has 0 N–H and O–H groups in total. The summed E-state index contributed by atoms with van der Waals surface area (Å²) < 4.78 is 5.66. The lowest BCUT2D eigenvalue weighted by molar-refractivity contribution is 0.148. The number of ether oxygens (including phenoxy) is 1. The zero-order chi connectivity index (χ0) is 18.9. The molecule has 1 aromatic carbocycles. The zero-order valence-electron chi connectivity index (χ0n) is 17.4. The molecule has 0 unspecified atom stereocenters. The summed E-state index contributed by atoms with van der Waals surface area (Å²) in [7, 11) is 0. The van der Waals surface area contributed by atoms with E-state index in [1.807, 2.05) is 13.0 Å². The summed E-state index contributed by atoms with van der Waals surface area (Å²) in [6.07, 6.45) is 20.2. The van der Waals surface area contributed by atoms with Crippen LogP contribution in [0.4, 0.5) is 0 Å². The van der Waals surface area contributed by atoms with Gasteiger partial charge in [0.05, 0.1) is 13.2 Å². The Kier molecular flexibility index (Phi) is 8.20. The minimum Gasteiger partial charge on any atom is -0.373 e. The summed E-state index contributed by atoms with van der Waals surface area (Å²) in [5.41, 5.74) is 2.83. The van der Waals surface area contributed by atoms with Gasteiger partial charge in [0.15, 0.2) is 0 Å². The third-order valence-corrected chi connectivity index (χ3v) is 6.89. The molecule has 2 fully saturated rings. The van der Waals surface area contributed by atoms with Crippen LogP contribution in [0.1, 0.15) is 82.3 Å². The highest BCUT2D eigenvalue weighted by Gasteiger charge is 2.30. The lowest BCUT2D eigenvalue weighted by Gasteiger charge is -2.37. The Morgan fingerprint density at radius 3 is 2.04 bits per heavy atom. The average molecular weight is 367 g/mol. The van der Waals surface area contributed by atoms with Crippen molar-refractivity contribution in [2.45, 2.75) is 77.7 Å². The Hall–Kier alpha value is -1.34. The van der Waals surface area contributed by atoms with E-state index in [0.29, 0.717) is 13.2 Å². The molecule has 0 spiro atoms. The third kappa shape index (κ3) is 6.07. The van der Waals surface area contributed by atoms with E-state index in [-0.39, 0.29) is 0 Å². The van der Waals surface area contributed by atoms with E-state index in [0.717, 1.165) is 23.7 Å². The van der Waals surface area contributed by atoms with Crippen LogP contribution in [0.2, 0.25) is 0 Å². The molecular formula is C26H38O. The minimum atomic E-state index is 0.707. The summed E-state index contributed by atoms with van der Waals surface area (Å²) in [4.78, 5) is 0. The molecule has 2 saturated carbocycles. The molecule has 0 aromatic heterocycles. The van der Waals surface area contributed by atoms with Gasteiger partial charge < -0.3 is 4.74 Å². The maximum atomic E-state index is 5.66. The van der Waals surface area contributed by atoms with Crippen molar-refractivity contribution in [3.63, 3.8) is 0 Å². The van der Waals surface area contributed by atoms with Crippen molar-refractivity contribution in [1.82, 2.24) is 0 Å². The van der Waals surface area contributed by atoms with Crippen LogP contribution in [0.3, 0.4) is 0 Å². The smallest absolute Gasteiger partial charge is 0.0721 e. The van der Waals surface area contributed by atoms with Crippen molar-refractivity contribution in [3.8, 4) is 0 Å². The van der Waals surface area contributed by atoms with Crippen LogP contribution >= 0.6 is 0 Å². The Morgan fingerprint density at radius 1 is 0.815 bits per heavy atom. The van der Waals surface area contributed by atoms with E-state index in [1.165, 1.54) is 56.9 Å². The van der Waals surface area contributed by atoms with Crippen LogP contribution in [-0.4, -0.2) is 6.61 Å². The molecule has 0 amide bonds. The fourth-order valence-corrected chi connectivity index (χ4v) is 5.23. The number of hydrogen-bond donors (Lipinski definition) is 0. The Morgan fingerprint density at radius 2 is 1.44 bits per heavy atom. The van der Waals surface area contributed by atoms with Crippen molar-refractivity contribution in [2.75, 3.05) is 6.61 Å². The first kappa shape index (κ1) is 20.4. The predicted molar refractivity (Wildman–Crippen MR) is 116 cm³/mol. The normalized spacial score (nSPS) is 29.6. The second-order valence-corrected chi connectivity index (χ2v) is 8.64. The van der Waals surface area contributed by atoms with Gasteiger partial charge in [0, 0.05) is 0 Å². The van der Waals surface area contributed by atoms with Gasteiger partial charge >= 0.3 is 0 Å². The quantitative estimate of drug-likeness (QED) is 0.360. The highest BCUT2D eigenvalue weighted by molar-refractivity contribution is 5.25. The highest BCUT2D eigenvalue weighted by Crippen LogP contribution is 2.44. The molecule has 0 radical (unpaired) electrons. The van der Waals surface area contributed by atoms with Gasteiger partial charge in [0.1, 0.15) is 0 Å². The standard InChI is InChI=1S/C26H38O/c1-3-5-19-27-20-22-9-13-24(14-10-22)26-17-15-25(16-18-26)23-11-7-21(6-4-2)8-12-23/h3-6,9-10,13-14,21,23,25-26H,7-8,11-12,15-20H2,1-2H3/b5-3?,6-4+. The van der Waals surface area contributed by atoms with Gasteiger partial charge in [0.2, 0.25) is 0 Å². The molecule has 2 aliphatic carbocycles. The van der Waals surface area contributed by atoms with Gasteiger partial charge in [-0.3, -0.25) is 0 Å². The first-order valence-electron chi connectivity index (χ1n) is 11.2. The minimum absolute atomic E-state index is 0.707. The van der Waals surface area contributed by atoms with Crippen molar-refractivity contribution in [2.24, 2.45) is 17.8 Å². The van der Waals surface area contributed by atoms with Crippen molar-refractivity contribution >= 4 is 0 Å². The first-order chi connectivity index (χ1) is 13.3. The largest absolute Gasteiger partial charge is 0.373 e. The SMILES string of the molecule is CC=CCOCc1ccc(C2CCC(C3CCC(/C=C/C)CC3)CC2)cc1. The number of benzene rings is 1. The second kappa shape index (κ2) is 10.9. The van der Waals surface area contributed by atoms with Gasteiger partial charge in [-0.25, -0.2) is 0 Å².